The van der Waals surface area contributed by atoms with E-state index >= 15 is 0 Å². The smallest absolute Gasteiger partial charge is 0.460 e. The summed E-state index contributed by atoms with van der Waals surface area (Å²) in [6, 6.07) is 2.81. The summed E-state index contributed by atoms with van der Waals surface area (Å²) in [7, 11) is 1.05. The second-order valence-corrected chi connectivity index (χ2v) is 6.00. The summed E-state index contributed by atoms with van der Waals surface area (Å²) in [5.74, 6) is -43.1. The molecule has 0 bridgehead atoms. The van der Waals surface area contributed by atoms with Crippen LogP contribution < -0.4 is 10.2 Å². The zero-order valence-corrected chi connectivity index (χ0v) is 15.4. The zero-order chi connectivity index (χ0) is 26.3. The minimum atomic E-state index is -8.11. The fourth-order valence-electron chi connectivity index (χ4n) is 1.92. The Bertz CT molecular complexity index is 913. The molecule has 1 aromatic carbocycles. The van der Waals surface area contributed by atoms with Crippen LogP contribution in [0.25, 0.3) is 0 Å². The zero-order valence-electron chi connectivity index (χ0n) is 15.4. The first-order valence-electron chi connectivity index (χ1n) is 7.76. The molecule has 0 unspecified atom stereocenters. The maximum atomic E-state index is 13.6. The molecule has 1 rings (SSSR count). The van der Waals surface area contributed by atoms with Crippen LogP contribution in [-0.2, 0) is 4.79 Å². The van der Waals surface area contributed by atoms with Crippen LogP contribution in [0.3, 0.4) is 0 Å². The molecular weight excluding hydrogens is 503 g/mol. The van der Waals surface area contributed by atoms with Gasteiger partial charge in [0, 0.05) is 0 Å². The van der Waals surface area contributed by atoms with Crippen molar-refractivity contribution >= 4 is 12.1 Å². The fourth-order valence-corrected chi connectivity index (χ4v) is 1.92. The number of methoxy groups -OCH3 is 1. The predicted molar refractivity (Wildman–Crippen MR) is 81.2 cm³/mol. The third kappa shape index (κ3) is 4.46. The number of rotatable bonds is 8. The predicted octanol–water partition coefficient (Wildman–Crippen LogP) is 4.59. The molecule has 188 valence electrons. The number of amides is 1. The number of hydrogen-bond acceptors (Lipinski definition) is 4. The van der Waals surface area contributed by atoms with Crippen molar-refractivity contribution in [3.63, 3.8) is 0 Å². The van der Waals surface area contributed by atoms with Crippen molar-refractivity contribution < 1.29 is 71.7 Å². The van der Waals surface area contributed by atoms with E-state index in [9.17, 15) is 67.0 Å². The number of hydrogen-bond donors (Lipinski definition) is 2. The first-order valence-corrected chi connectivity index (χ1v) is 7.76. The molecule has 0 spiro atoms. The summed E-state index contributed by atoms with van der Waals surface area (Å²) in [5.41, 5.74) is 0.325. The van der Waals surface area contributed by atoms with Gasteiger partial charge in [0.1, 0.15) is 0 Å². The van der Waals surface area contributed by atoms with E-state index in [-0.39, 0.29) is 11.3 Å². The molecule has 18 heteroatoms. The molecule has 0 heterocycles. The molecule has 0 aliphatic carbocycles. The lowest BCUT2D eigenvalue weighted by atomic mass is 9.93. The summed E-state index contributed by atoms with van der Waals surface area (Å²) >= 11 is 0. The molecule has 5 nitrogen and oxygen atoms in total. The highest BCUT2D eigenvalue weighted by Gasteiger charge is 2.91. The molecule has 0 saturated heterocycles. The molecule has 1 aromatic rings. The molecule has 0 fully saturated rings. The Morgan fingerprint density at radius 2 is 1.36 bits per heavy atom. The number of carbonyl (C=O) groups is 1. The average Bonchev–Trinajstić information content (AvgIpc) is 2.67. The van der Waals surface area contributed by atoms with E-state index in [0.29, 0.717) is 11.6 Å². The van der Waals surface area contributed by atoms with Crippen LogP contribution in [0.2, 0.25) is 0 Å². The van der Waals surface area contributed by atoms with Gasteiger partial charge in [-0.3, -0.25) is 4.79 Å². The lowest BCUT2D eigenvalue weighted by molar-refractivity contribution is -0.436. The number of carbonyl (C=O) groups excluding carboxylic acids is 1. The van der Waals surface area contributed by atoms with E-state index in [4.69, 9.17) is 0 Å². The number of ether oxygens (including phenoxy) is 1. The van der Waals surface area contributed by atoms with Crippen LogP contribution >= 0.6 is 0 Å². The van der Waals surface area contributed by atoms with E-state index in [1.54, 1.807) is 0 Å². The van der Waals surface area contributed by atoms with E-state index in [0.717, 1.165) is 25.3 Å². The Hall–Kier alpha value is -2.95. The highest BCUT2D eigenvalue weighted by molar-refractivity contribution is 5.87. The molecule has 0 aromatic heterocycles. The van der Waals surface area contributed by atoms with Crippen molar-refractivity contribution in [2.24, 2.45) is 5.10 Å². The van der Waals surface area contributed by atoms with Crippen LogP contribution in [-0.4, -0.2) is 60.1 Å². The summed E-state index contributed by atoms with van der Waals surface area (Å²) in [6.45, 7) is 0. The minimum Gasteiger partial charge on any atom is -0.504 e. The summed E-state index contributed by atoms with van der Waals surface area (Å²) < 4.78 is 173. The summed E-state index contributed by atoms with van der Waals surface area (Å²) in [4.78, 5) is 11.2. The number of nitrogens with zero attached hydrogens (tertiary/aromatic N) is 1. The Kier molecular flexibility index (Phi) is 7.18. The van der Waals surface area contributed by atoms with Crippen molar-refractivity contribution in [2.75, 3.05) is 7.11 Å². The molecule has 33 heavy (non-hydrogen) atoms. The lowest BCUT2D eigenvalue weighted by Gasteiger charge is -2.38. The molecule has 0 atom stereocenters. The van der Waals surface area contributed by atoms with Crippen LogP contribution in [0, 0.1) is 0 Å². The van der Waals surface area contributed by atoms with Gasteiger partial charge in [-0.1, -0.05) is 0 Å². The van der Waals surface area contributed by atoms with Gasteiger partial charge in [0.15, 0.2) is 11.5 Å². The van der Waals surface area contributed by atoms with Crippen LogP contribution in [0.5, 0.6) is 11.5 Å². The molecule has 1 amide bonds. The van der Waals surface area contributed by atoms with Crippen LogP contribution in [0.1, 0.15) is 5.56 Å². The SMILES string of the molecule is COc1cc(/C=N/NC(=O)C(F)(F)C(F)(F)C(F)(F)C(F)(F)C(F)(F)C(F)(F)F)ccc1O. The minimum absolute atomic E-state index is 0.207. The van der Waals surface area contributed by atoms with Gasteiger partial charge in [0.05, 0.1) is 13.3 Å². The van der Waals surface area contributed by atoms with Crippen LogP contribution in [0.4, 0.5) is 57.1 Å². The van der Waals surface area contributed by atoms with Crippen molar-refractivity contribution in [3.05, 3.63) is 23.8 Å². The van der Waals surface area contributed by atoms with Gasteiger partial charge in [-0.2, -0.15) is 62.2 Å². The van der Waals surface area contributed by atoms with Crippen molar-refractivity contribution in [3.8, 4) is 11.5 Å². The first-order chi connectivity index (χ1) is 14.6. The quantitative estimate of drug-likeness (QED) is 0.304. The van der Waals surface area contributed by atoms with Gasteiger partial charge in [-0.05, 0) is 23.8 Å². The van der Waals surface area contributed by atoms with Crippen molar-refractivity contribution in [1.82, 2.24) is 5.43 Å². The number of phenolic OH excluding ortho intramolecular Hbond substituents is 1. The number of benzene rings is 1. The monoisotopic (exact) mass is 512 g/mol. The largest absolute Gasteiger partial charge is 0.504 e. The number of aromatic hydroxyl groups is 1. The molecular formula is C15H9F13N2O3. The van der Waals surface area contributed by atoms with E-state index < -0.39 is 47.4 Å². The lowest BCUT2D eigenvalue weighted by Crippen LogP contribution is -2.71. The Balaban J connectivity index is 3.24. The molecule has 0 aliphatic rings. The van der Waals surface area contributed by atoms with Crippen LogP contribution in [0.15, 0.2) is 23.3 Å². The maximum Gasteiger partial charge on any atom is 0.460 e. The van der Waals surface area contributed by atoms with Gasteiger partial charge in [-0.25, -0.2) is 5.43 Å². The summed E-state index contributed by atoms with van der Waals surface area (Å²) in [5, 5.41) is 11.9. The van der Waals surface area contributed by atoms with Gasteiger partial charge < -0.3 is 9.84 Å². The fraction of sp³-hybridized carbons (Fsp3) is 0.467. The topological polar surface area (TPSA) is 70.9 Å². The Labute approximate surface area is 173 Å². The van der Waals surface area contributed by atoms with Gasteiger partial charge in [0.25, 0.3) is 0 Å². The Morgan fingerprint density at radius 3 is 1.82 bits per heavy atom. The van der Waals surface area contributed by atoms with E-state index in [1.165, 1.54) is 0 Å². The normalized spacial score (nSPS) is 14.5. The van der Waals surface area contributed by atoms with Gasteiger partial charge in [0.2, 0.25) is 0 Å². The molecule has 0 radical (unpaired) electrons. The number of phenols is 1. The third-order valence-corrected chi connectivity index (χ3v) is 3.80. The number of alkyl halides is 13. The number of halogens is 13. The second-order valence-electron chi connectivity index (χ2n) is 6.00. The highest BCUT2D eigenvalue weighted by atomic mass is 19.4. The Morgan fingerprint density at radius 1 is 0.879 bits per heavy atom. The molecule has 0 saturated carbocycles. The van der Waals surface area contributed by atoms with E-state index in [1.807, 2.05) is 0 Å². The second kappa shape index (κ2) is 8.44. The standard InChI is InChI=1S/C15H9F13N2O3/c1-33-8-4-6(2-3-7(8)31)5-29-30-9(32)10(16,17)11(18,19)12(20,21)13(22,23)14(24,25)15(26,27)28/h2-5,31H,1H3,(H,30,32)/b29-5+. The average molecular weight is 512 g/mol. The molecule has 0 aliphatic heterocycles. The van der Waals surface area contributed by atoms with Gasteiger partial charge >= 0.3 is 41.7 Å². The van der Waals surface area contributed by atoms with Crippen molar-refractivity contribution in [2.45, 2.75) is 35.8 Å². The molecule has 2 N–H and O–H groups in total. The maximum absolute atomic E-state index is 13.6. The van der Waals surface area contributed by atoms with E-state index in [2.05, 4.69) is 9.84 Å². The number of hydrazone groups is 1. The number of nitrogens with one attached hydrogen (secondary N) is 1. The van der Waals surface area contributed by atoms with Crippen molar-refractivity contribution in [1.29, 1.82) is 0 Å². The third-order valence-electron chi connectivity index (χ3n) is 3.80. The first kappa shape index (κ1) is 28.1. The van der Waals surface area contributed by atoms with Gasteiger partial charge in [-0.15, -0.1) is 0 Å². The summed E-state index contributed by atoms with van der Waals surface area (Å²) in [6.07, 6.45) is -7.18. The highest BCUT2D eigenvalue weighted by Crippen LogP contribution is 2.60.